The molecule has 0 spiro atoms. The highest BCUT2D eigenvalue weighted by Gasteiger charge is 2.29. The van der Waals surface area contributed by atoms with Crippen LogP contribution >= 0.6 is 34.8 Å². The third-order valence-corrected chi connectivity index (χ3v) is 5.35. The van der Waals surface area contributed by atoms with E-state index in [0.717, 1.165) is 16.8 Å². The van der Waals surface area contributed by atoms with E-state index in [1.165, 1.54) is 13.8 Å². The summed E-state index contributed by atoms with van der Waals surface area (Å²) in [6.07, 6.45) is 0. The maximum Gasteiger partial charge on any atom is 0.335 e. The van der Waals surface area contributed by atoms with E-state index in [2.05, 4.69) is 5.10 Å². The Morgan fingerprint density at radius 1 is 1.10 bits per heavy atom. The van der Waals surface area contributed by atoms with E-state index in [1.54, 1.807) is 35.0 Å². The number of aliphatic carboxylic acids is 1. The third-order valence-electron chi connectivity index (χ3n) is 4.56. The number of rotatable bonds is 6. The number of halogens is 3. The lowest BCUT2D eigenvalue weighted by Gasteiger charge is -2.19. The molecule has 0 aliphatic carbocycles. The summed E-state index contributed by atoms with van der Waals surface area (Å²) in [7, 11) is 0. The van der Waals surface area contributed by atoms with Crippen molar-refractivity contribution in [3.8, 4) is 16.9 Å². The molecule has 0 fully saturated rings. The van der Waals surface area contributed by atoms with Crippen LogP contribution in [-0.2, 0) is 16.1 Å². The van der Waals surface area contributed by atoms with Crippen molar-refractivity contribution in [1.82, 2.24) is 9.78 Å². The van der Waals surface area contributed by atoms with E-state index < -0.39 is 11.6 Å². The minimum atomic E-state index is -1.34. The van der Waals surface area contributed by atoms with E-state index in [0.29, 0.717) is 26.4 Å². The van der Waals surface area contributed by atoms with Crippen LogP contribution in [0, 0.1) is 6.92 Å². The van der Waals surface area contributed by atoms with Crippen LogP contribution in [0.3, 0.4) is 0 Å². The van der Waals surface area contributed by atoms with E-state index >= 15 is 0 Å². The molecule has 0 bridgehead atoms. The van der Waals surface area contributed by atoms with Gasteiger partial charge in [-0.3, -0.25) is 0 Å². The van der Waals surface area contributed by atoms with Gasteiger partial charge >= 0.3 is 5.97 Å². The van der Waals surface area contributed by atoms with Gasteiger partial charge in [-0.2, -0.15) is 5.10 Å². The molecule has 8 heteroatoms. The highest BCUT2D eigenvalue weighted by Crippen LogP contribution is 2.33. The molecule has 0 aliphatic heterocycles. The van der Waals surface area contributed by atoms with Gasteiger partial charge in [-0.25, -0.2) is 9.48 Å². The maximum atomic E-state index is 11.4. The van der Waals surface area contributed by atoms with Gasteiger partial charge in [0.2, 0.25) is 0 Å². The molecular formula is C21H19Cl3N2O3. The molecule has 0 radical (unpaired) electrons. The smallest absolute Gasteiger partial charge is 0.335 e. The van der Waals surface area contributed by atoms with Crippen LogP contribution in [0.4, 0.5) is 0 Å². The van der Waals surface area contributed by atoms with Crippen molar-refractivity contribution in [3.63, 3.8) is 0 Å². The molecule has 152 valence electrons. The normalized spacial score (nSPS) is 11.7. The van der Waals surface area contributed by atoms with Crippen molar-refractivity contribution in [1.29, 1.82) is 0 Å². The quantitative estimate of drug-likeness (QED) is 0.483. The number of hydrogen-bond donors (Lipinski definition) is 1. The van der Waals surface area contributed by atoms with Crippen LogP contribution < -0.4 is 0 Å². The minimum absolute atomic E-state index is 0.0317. The third kappa shape index (κ3) is 4.59. The molecule has 3 aromatic rings. The maximum absolute atomic E-state index is 11.4. The molecule has 1 heterocycles. The van der Waals surface area contributed by atoms with E-state index in [-0.39, 0.29) is 6.61 Å². The summed E-state index contributed by atoms with van der Waals surface area (Å²) in [4.78, 5) is 11.4. The number of hydrogen-bond acceptors (Lipinski definition) is 3. The Kier molecular flexibility index (Phi) is 6.24. The number of nitrogens with zero attached hydrogens (tertiary/aromatic N) is 2. The molecule has 2 aromatic carbocycles. The second kappa shape index (κ2) is 8.36. The second-order valence-corrected chi connectivity index (χ2v) is 8.32. The fourth-order valence-corrected chi connectivity index (χ4v) is 3.38. The predicted molar refractivity (Wildman–Crippen MR) is 115 cm³/mol. The average molecular weight is 454 g/mol. The van der Waals surface area contributed by atoms with E-state index in [4.69, 9.17) is 39.5 Å². The number of carboxylic acid groups (broad SMARTS) is 1. The Morgan fingerprint density at radius 3 is 2.31 bits per heavy atom. The molecule has 1 aromatic heterocycles. The Morgan fingerprint density at radius 2 is 1.72 bits per heavy atom. The van der Waals surface area contributed by atoms with Gasteiger partial charge in [-0.1, -0.05) is 46.9 Å². The minimum Gasteiger partial charge on any atom is -0.479 e. The van der Waals surface area contributed by atoms with Gasteiger partial charge in [0, 0.05) is 21.2 Å². The van der Waals surface area contributed by atoms with E-state index in [1.807, 2.05) is 19.1 Å². The van der Waals surface area contributed by atoms with Crippen molar-refractivity contribution in [2.45, 2.75) is 33.0 Å². The van der Waals surface area contributed by atoms with Crippen LogP contribution in [-0.4, -0.2) is 26.5 Å². The van der Waals surface area contributed by atoms with Gasteiger partial charge in [-0.15, -0.1) is 0 Å². The topological polar surface area (TPSA) is 64.3 Å². The zero-order chi connectivity index (χ0) is 21.3. The average Bonchev–Trinajstić information content (AvgIpc) is 2.97. The predicted octanol–water partition coefficient (Wildman–Crippen LogP) is 6.19. The van der Waals surface area contributed by atoms with E-state index in [9.17, 15) is 9.90 Å². The van der Waals surface area contributed by atoms with Crippen molar-refractivity contribution in [3.05, 3.63) is 68.8 Å². The lowest BCUT2D eigenvalue weighted by atomic mass is 10.1. The van der Waals surface area contributed by atoms with Gasteiger partial charge in [0.05, 0.1) is 28.7 Å². The zero-order valence-electron chi connectivity index (χ0n) is 16.0. The first kappa shape index (κ1) is 21.7. The summed E-state index contributed by atoms with van der Waals surface area (Å²) in [6, 6.07) is 12.5. The molecule has 0 aliphatic rings. The summed E-state index contributed by atoms with van der Waals surface area (Å²) in [6.45, 7) is 4.93. The fraction of sp³-hybridized carbons (Fsp3) is 0.238. The van der Waals surface area contributed by atoms with Crippen LogP contribution in [0.15, 0.2) is 42.5 Å². The van der Waals surface area contributed by atoms with Crippen LogP contribution in [0.25, 0.3) is 16.9 Å². The Hall–Kier alpha value is -2.05. The molecular weight excluding hydrogens is 435 g/mol. The molecule has 0 unspecified atom stereocenters. The standard InChI is InChI=1S/C21H19Cl3N2O3/c1-12-17(11-29-21(2,3)20(27)28)25-26(18-9-8-15(23)10-16(18)24)19(12)13-4-6-14(22)7-5-13/h4-10H,11H2,1-3H3,(H,27,28). The van der Waals surface area contributed by atoms with Gasteiger partial charge in [0.1, 0.15) is 0 Å². The number of benzene rings is 2. The van der Waals surface area contributed by atoms with Crippen LogP contribution in [0.1, 0.15) is 25.1 Å². The molecule has 0 saturated carbocycles. The lowest BCUT2D eigenvalue weighted by Crippen LogP contribution is -2.34. The molecule has 3 rings (SSSR count). The van der Waals surface area contributed by atoms with Crippen molar-refractivity contribution in [2.24, 2.45) is 0 Å². The molecule has 5 nitrogen and oxygen atoms in total. The van der Waals surface area contributed by atoms with Crippen molar-refractivity contribution < 1.29 is 14.6 Å². The van der Waals surface area contributed by atoms with Crippen molar-refractivity contribution in [2.75, 3.05) is 0 Å². The Bertz CT molecular complexity index is 1060. The Balaban J connectivity index is 2.13. The summed E-state index contributed by atoms with van der Waals surface area (Å²) in [5.74, 6) is -1.05. The number of carboxylic acids is 1. The van der Waals surface area contributed by atoms with Gasteiger partial charge in [0.25, 0.3) is 0 Å². The van der Waals surface area contributed by atoms with Gasteiger partial charge in [0.15, 0.2) is 5.60 Å². The monoisotopic (exact) mass is 452 g/mol. The zero-order valence-corrected chi connectivity index (χ0v) is 18.3. The number of aromatic nitrogens is 2. The first-order valence-corrected chi connectivity index (χ1v) is 9.91. The largest absolute Gasteiger partial charge is 0.479 e. The molecule has 0 amide bonds. The summed E-state index contributed by atoms with van der Waals surface area (Å²) in [5.41, 5.74) is 2.45. The number of carbonyl (C=O) groups is 1. The summed E-state index contributed by atoms with van der Waals surface area (Å²) < 4.78 is 7.33. The summed E-state index contributed by atoms with van der Waals surface area (Å²) >= 11 is 18.5. The van der Waals surface area contributed by atoms with Gasteiger partial charge in [-0.05, 0) is 51.1 Å². The van der Waals surface area contributed by atoms with Crippen molar-refractivity contribution >= 4 is 40.8 Å². The van der Waals surface area contributed by atoms with Crippen LogP contribution in [0.5, 0.6) is 0 Å². The van der Waals surface area contributed by atoms with Crippen LogP contribution in [0.2, 0.25) is 15.1 Å². The fourth-order valence-electron chi connectivity index (χ4n) is 2.76. The second-order valence-electron chi connectivity index (χ2n) is 7.04. The first-order chi connectivity index (χ1) is 13.6. The molecule has 0 atom stereocenters. The first-order valence-electron chi connectivity index (χ1n) is 8.77. The SMILES string of the molecule is Cc1c(COC(C)(C)C(=O)O)nn(-c2ccc(Cl)cc2Cl)c1-c1ccc(Cl)cc1. The molecule has 29 heavy (non-hydrogen) atoms. The number of ether oxygens (including phenoxy) is 1. The molecule has 0 saturated heterocycles. The highest BCUT2D eigenvalue weighted by molar-refractivity contribution is 6.35. The Labute approximate surface area is 183 Å². The highest BCUT2D eigenvalue weighted by atomic mass is 35.5. The van der Waals surface area contributed by atoms with Gasteiger partial charge < -0.3 is 9.84 Å². The summed E-state index contributed by atoms with van der Waals surface area (Å²) in [5, 5.41) is 15.5. The molecule has 1 N–H and O–H groups in total. The lowest BCUT2D eigenvalue weighted by molar-refractivity contribution is -0.162.